The lowest BCUT2D eigenvalue weighted by atomic mass is 9.78. The van der Waals surface area contributed by atoms with Gasteiger partial charge in [-0.15, -0.1) is 11.3 Å². The number of amides is 1. The van der Waals surface area contributed by atoms with Crippen LogP contribution >= 0.6 is 11.3 Å². The first-order valence-corrected chi connectivity index (χ1v) is 9.54. The Morgan fingerprint density at radius 3 is 2.68 bits per heavy atom. The molecule has 2 aromatic heterocycles. The zero-order valence-corrected chi connectivity index (χ0v) is 15.5. The molecule has 134 valence electrons. The monoisotopic (exact) mass is 360 g/mol. The number of carbonyl (C=O) groups excluding carboxylic acids is 1. The predicted octanol–water partition coefficient (Wildman–Crippen LogP) is 2.97. The SMILES string of the molecule is Cc1nc(-c2ncccn2)sc1C(=O)NCC(C)(O)C1CCCCC1. The van der Waals surface area contributed by atoms with E-state index >= 15 is 0 Å². The summed E-state index contributed by atoms with van der Waals surface area (Å²) in [6, 6.07) is 1.74. The maximum absolute atomic E-state index is 12.5. The molecule has 1 atom stereocenters. The molecule has 0 aliphatic heterocycles. The van der Waals surface area contributed by atoms with Crippen LogP contribution in [0.25, 0.3) is 10.8 Å². The summed E-state index contributed by atoms with van der Waals surface area (Å²) in [5, 5.41) is 14.3. The molecule has 0 bridgehead atoms. The molecular weight excluding hydrogens is 336 g/mol. The van der Waals surface area contributed by atoms with Gasteiger partial charge in [-0.1, -0.05) is 19.3 Å². The van der Waals surface area contributed by atoms with Crippen LogP contribution in [0.4, 0.5) is 0 Å². The van der Waals surface area contributed by atoms with E-state index in [1.807, 2.05) is 6.92 Å². The number of hydrogen-bond donors (Lipinski definition) is 2. The van der Waals surface area contributed by atoms with Gasteiger partial charge in [0.15, 0.2) is 10.8 Å². The number of rotatable bonds is 5. The maximum atomic E-state index is 12.5. The number of aliphatic hydroxyl groups is 1. The minimum Gasteiger partial charge on any atom is -0.388 e. The summed E-state index contributed by atoms with van der Waals surface area (Å²) in [7, 11) is 0. The van der Waals surface area contributed by atoms with E-state index in [1.54, 1.807) is 25.4 Å². The third kappa shape index (κ3) is 4.22. The van der Waals surface area contributed by atoms with Crippen molar-refractivity contribution in [2.45, 2.75) is 51.6 Å². The van der Waals surface area contributed by atoms with Crippen molar-refractivity contribution in [3.63, 3.8) is 0 Å². The van der Waals surface area contributed by atoms with E-state index in [1.165, 1.54) is 17.8 Å². The summed E-state index contributed by atoms with van der Waals surface area (Å²) in [6.07, 6.45) is 8.91. The van der Waals surface area contributed by atoms with Crippen LogP contribution in [0.2, 0.25) is 0 Å². The Morgan fingerprint density at radius 2 is 2.00 bits per heavy atom. The van der Waals surface area contributed by atoms with Crippen molar-refractivity contribution in [1.29, 1.82) is 0 Å². The molecule has 1 unspecified atom stereocenters. The van der Waals surface area contributed by atoms with E-state index < -0.39 is 5.60 Å². The molecule has 2 aromatic rings. The number of nitrogens with one attached hydrogen (secondary N) is 1. The third-order valence-corrected chi connectivity index (χ3v) is 6.00. The smallest absolute Gasteiger partial charge is 0.263 e. The summed E-state index contributed by atoms with van der Waals surface area (Å²) in [4.78, 5) is 25.8. The molecule has 0 saturated heterocycles. The van der Waals surface area contributed by atoms with Crippen LogP contribution in [-0.2, 0) is 0 Å². The lowest BCUT2D eigenvalue weighted by Gasteiger charge is -2.35. The second-order valence-electron chi connectivity index (χ2n) is 6.88. The second-order valence-corrected chi connectivity index (χ2v) is 7.88. The van der Waals surface area contributed by atoms with Crippen LogP contribution in [0.3, 0.4) is 0 Å². The van der Waals surface area contributed by atoms with Crippen molar-refractivity contribution in [3.05, 3.63) is 29.0 Å². The Hall–Kier alpha value is -1.86. The van der Waals surface area contributed by atoms with Crippen LogP contribution in [0.5, 0.6) is 0 Å². The fourth-order valence-corrected chi connectivity index (χ4v) is 4.25. The van der Waals surface area contributed by atoms with E-state index in [0.29, 0.717) is 21.4 Å². The second kappa shape index (κ2) is 7.58. The fraction of sp³-hybridized carbons (Fsp3) is 0.556. The van der Waals surface area contributed by atoms with E-state index in [-0.39, 0.29) is 18.4 Å². The first-order valence-electron chi connectivity index (χ1n) is 8.73. The molecule has 2 heterocycles. The molecule has 25 heavy (non-hydrogen) atoms. The average Bonchev–Trinajstić information content (AvgIpc) is 3.03. The van der Waals surface area contributed by atoms with Crippen LogP contribution in [0.15, 0.2) is 18.5 Å². The standard InChI is InChI=1S/C18H24N4O2S/c1-12-14(25-17(22-12)15-19-9-6-10-20-15)16(23)21-11-18(2,24)13-7-4-3-5-8-13/h6,9-10,13,24H,3-5,7-8,11H2,1-2H3,(H,21,23). The summed E-state index contributed by atoms with van der Waals surface area (Å²) < 4.78 is 0. The Bertz CT molecular complexity index is 724. The van der Waals surface area contributed by atoms with Gasteiger partial charge in [0.25, 0.3) is 5.91 Å². The van der Waals surface area contributed by atoms with Gasteiger partial charge in [-0.05, 0) is 38.7 Å². The van der Waals surface area contributed by atoms with E-state index in [4.69, 9.17) is 0 Å². The largest absolute Gasteiger partial charge is 0.388 e. The zero-order valence-electron chi connectivity index (χ0n) is 14.7. The molecule has 1 saturated carbocycles. The van der Waals surface area contributed by atoms with Crippen molar-refractivity contribution in [1.82, 2.24) is 20.3 Å². The number of aryl methyl sites for hydroxylation is 1. The molecular formula is C18H24N4O2S. The minimum atomic E-state index is -0.875. The molecule has 7 heteroatoms. The van der Waals surface area contributed by atoms with Gasteiger partial charge in [-0.25, -0.2) is 15.0 Å². The van der Waals surface area contributed by atoms with Gasteiger partial charge in [-0.3, -0.25) is 4.79 Å². The summed E-state index contributed by atoms with van der Waals surface area (Å²) >= 11 is 1.28. The van der Waals surface area contributed by atoms with E-state index in [0.717, 1.165) is 25.7 Å². The average molecular weight is 360 g/mol. The van der Waals surface area contributed by atoms with Crippen LogP contribution in [0, 0.1) is 12.8 Å². The Balaban J connectivity index is 1.66. The van der Waals surface area contributed by atoms with E-state index in [9.17, 15) is 9.90 Å². The molecule has 1 amide bonds. The predicted molar refractivity (Wildman–Crippen MR) is 97.4 cm³/mol. The number of thiazole rings is 1. The molecule has 1 aliphatic carbocycles. The van der Waals surface area contributed by atoms with Gasteiger partial charge >= 0.3 is 0 Å². The van der Waals surface area contributed by atoms with Crippen molar-refractivity contribution in [2.75, 3.05) is 6.54 Å². The summed E-state index contributed by atoms with van der Waals surface area (Å²) in [6.45, 7) is 3.88. The minimum absolute atomic E-state index is 0.201. The first-order chi connectivity index (χ1) is 12.0. The molecule has 6 nitrogen and oxygen atoms in total. The van der Waals surface area contributed by atoms with Gasteiger partial charge in [0.1, 0.15) is 4.88 Å². The Kier molecular flexibility index (Phi) is 5.44. The molecule has 1 fully saturated rings. The van der Waals surface area contributed by atoms with Crippen molar-refractivity contribution < 1.29 is 9.90 Å². The van der Waals surface area contributed by atoms with Gasteiger partial charge in [0.05, 0.1) is 11.3 Å². The Morgan fingerprint density at radius 1 is 1.32 bits per heavy atom. The van der Waals surface area contributed by atoms with Crippen LogP contribution in [-0.4, -0.2) is 38.1 Å². The lowest BCUT2D eigenvalue weighted by molar-refractivity contribution is -0.0143. The van der Waals surface area contributed by atoms with Gasteiger partial charge in [0, 0.05) is 18.9 Å². The molecule has 3 rings (SSSR count). The maximum Gasteiger partial charge on any atom is 0.263 e. The topological polar surface area (TPSA) is 88.0 Å². The lowest BCUT2D eigenvalue weighted by Crippen LogP contribution is -2.46. The normalized spacial score (nSPS) is 17.9. The highest BCUT2D eigenvalue weighted by Gasteiger charge is 2.33. The highest BCUT2D eigenvalue weighted by atomic mass is 32.1. The molecule has 0 radical (unpaired) electrons. The molecule has 2 N–H and O–H groups in total. The molecule has 0 aromatic carbocycles. The highest BCUT2D eigenvalue weighted by Crippen LogP contribution is 2.32. The number of nitrogens with zero attached hydrogens (tertiary/aromatic N) is 3. The third-order valence-electron chi connectivity index (χ3n) is 4.85. The van der Waals surface area contributed by atoms with E-state index in [2.05, 4.69) is 20.3 Å². The van der Waals surface area contributed by atoms with Crippen molar-refractivity contribution in [2.24, 2.45) is 5.92 Å². The van der Waals surface area contributed by atoms with Crippen molar-refractivity contribution in [3.8, 4) is 10.8 Å². The quantitative estimate of drug-likeness (QED) is 0.856. The Labute approximate surface area is 151 Å². The van der Waals surface area contributed by atoms with Gasteiger partial charge < -0.3 is 10.4 Å². The number of hydrogen-bond acceptors (Lipinski definition) is 6. The fourth-order valence-electron chi connectivity index (χ4n) is 3.32. The van der Waals surface area contributed by atoms with Gasteiger partial charge in [0.2, 0.25) is 0 Å². The highest BCUT2D eigenvalue weighted by molar-refractivity contribution is 7.17. The van der Waals surface area contributed by atoms with Crippen LogP contribution < -0.4 is 5.32 Å². The molecule has 1 aliphatic rings. The number of aromatic nitrogens is 3. The van der Waals surface area contributed by atoms with Crippen molar-refractivity contribution >= 4 is 17.2 Å². The molecule has 0 spiro atoms. The first kappa shape index (κ1) is 17.9. The van der Waals surface area contributed by atoms with Gasteiger partial charge in [-0.2, -0.15) is 0 Å². The summed E-state index contributed by atoms with van der Waals surface area (Å²) in [5.74, 6) is 0.564. The summed E-state index contributed by atoms with van der Waals surface area (Å²) in [5.41, 5.74) is -0.220. The zero-order chi connectivity index (χ0) is 17.9. The van der Waals surface area contributed by atoms with Crippen LogP contribution in [0.1, 0.15) is 54.4 Å². The number of carbonyl (C=O) groups is 1.